The molecule has 0 bridgehead atoms. The molecule has 0 heterocycles. The molecule has 0 aromatic heterocycles. The first-order valence-corrected chi connectivity index (χ1v) is 17.9. The molecule has 0 amide bonds. The number of esters is 1. The molecule has 242 valence electrons. The lowest BCUT2D eigenvalue weighted by Crippen LogP contribution is -2.55. The van der Waals surface area contributed by atoms with Gasteiger partial charge < -0.3 is 9.47 Å². The second-order valence-electron chi connectivity index (χ2n) is 16.1. The van der Waals surface area contributed by atoms with Crippen LogP contribution < -0.4 is 4.74 Å². The first kappa shape index (κ1) is 33.1. The van der Waals surface area contributed by atoms with E-state index in [9.17, 15) is 4.79 Å². The van der Waals surface area contributed by atoms with Crippen LogP contribution in [0.3, 0.4) is 0 Å². The minimum atomic E-state index is -0.241. The molecule has 3 nitrogen and oxygen atoms in total. The molecule has 3 heteroatoms. The lowest BCUT2D eigenvalue weighted by molar-refractivity contribution is -0.153. The Bertz CT molecular complexity index is 1250. The molecule has 0 radical (unpaired) electrons. The molecule has 0 spiro atoms. The third-order valence-electron chi connectivity index (χ3n) is 12.9. The van der Waals surface area contributed by atoms with Crippen molar-refractivity contribution in [2.45, 2.75) is 126 Å². The van der Waals surface area contributed by atoms with Crippen LogP contribution in [0.1, 0.15) is 125 Å². The highest BCUT2D eigenvalue weighted by Crippen LogP contribution is 2.69. The zero-order valence-electron chi connectivity index (χ0n) is 29.1. The third-order valence-corrected chi connectivity index (χ3v) is 12.9. The highest BCUT2D eigenvalue weighted by Gasteiger charge is 2.61. The van der Waals surface area contributed by atoms with Crippen LogP contribution in [0.4, 0.5) is 0 Å². The van der Waals surface area contributed by atoms with E-state index in [0.29, 0.717) is 12.0 Å². The Morgan fingerprint density at radius 3 is 2.45 bits per heavy atom. The van der Waals surface area contributed by atoms with E-state index < -0.39 is 0 Å². The number of hydrogen-bond acceptors (Lipinski definition) is 3. The molecule has 4 aliphatic rings. The molecule has 0 N–H and O–H groups in total. The largest absolute Gasteiger partial charge is 0.494 e. The summed E-state index contributed by atoms with van der Waals surface area (Å²) in [6.07, 6.45) is 21.2. The van der Waals surface area contributed by atoms with Gasteiger partial charge in [-0.1, -0.05) is 76.5 Å². The minimum Gasteiger partial charge on any atom is -0.494 e. The molecule has 0 saturated heterocycles. The van der Waals surface area contributed by atoms with E-state index in [4.69, 9.17) is 9.47 Å². The molecule has 3 saturated carbocycles. The van der Waals surface area contributed by atoms with Crippen LogP contribution in [0, 0.1) is 45.8 Å². The van der Waals surface area contributed by atoms with Crippen molar-refractivity contribution in [3.8, 4) is 5.75 Å². The van der Waals surface area contributed by atoms with Gasteiger partial charge >= 0.3 is 5.97 Å². The number of hydrogen-bond donors (Lipinski definition) is 0. The normalized spacial score (nSPS) is 34.7. The lowest BCUT2D eigenvalue weighted by atomic mass is 9.44. The van der Waals surface area contributed by atoms with Gasteiger partial charge in [-0.3, -0.25) is 0 Å². The minimum absolute atomic E-state index is 0.0900. The number of ether oxygens (including phenoxy) is 2. The van der Waals surface area contributed by atoms with Gasteiger partial charge in [0.05, 0.1) is 6.61 Å². The van der Waals surface area contributed by atoms with Crippen LogP contribution in [0.2, 0.25) is 0 Å². The summed E-state index contributed by atoms with van der Waals surface area (Å²) in [6, 6.07) is 7.83. The molecule has 8 unspecified atom stereocenters. The summed E-state index contributed by atoms with van der Waals surface area (Å²) in [7, 11) is 0. The van der Waals surface area contributed by atoms with E-state index in [-0.39, 0.29) is 22.9 Å². The maximum Gasteiger partial charge on any atom is 0.331 e. The predicted octanol–water partition coefficient (Wildman–Crippen LogP) is 11.0. The Hall–Kier alpha value is -2.29. The molecule has 5 rings (SSSR count). The highest BCUT2D eigenvalue weighted by molar-refractivity contribution is 5.87. The van der Waals surface area contributed by atoms with E-state index in [2.05, 4.69) is 60.6 Å². The van der Waals surface area contributed by atoms with Crippen LogP contribution >= 0.6 is 0 Å². The molecule has 3 fully saturated rings. The SMILES string of the molecule is CCOc1ccc(/C=C/C(=O)OC2CCC3(C)C(=CCC4C3CCC3(C)C(C(C)CCCC=C(C)C)CCC43)C2(C)C)cc1. The topological polar surface area (TPSA) is 35.5 Å². The molecule has 44 heavy (non-hydrogen) atoms. The highest BCUT2D eigenvalue weighted by atomic mass is 16.5. The Morgan fingerprint density at radius 1 is 1.00 bits per heavy atom. The van der Waals surface area contributed by atoms with E-state index in [0.717, 1.165) is 53.7 Å². The Kier molecular flexibility index (Phi) is 9.93. The van der Waals surface area contributed by atoms with Crippen molar-refractivity contribution in [3.63, 3.8) is 0 Å². The van der Waals surface area contributed by atoms with Gasteiger partial charge in [0.2, 0.25) is 0 Å². The summed E-state index contributed by atoms with van der Waals surface area (Å²) in [5.41, 5.74) is 4.54. The van der Waals surface area contributed by atoms with E-state index >= 15 is 0 Å². The summed E-state index contributed by atoms with van der Waals surface area (Å²) < 4.78 is 11.7. The van der Waals surface area contributed by atoms with Crippen molar-refractivity contribution in [1.29, 1.82) is 0 Å². The fourth-order valence-corrected chi connectivity index (χ4v) is 10.8. The standard InChI is InChI=1S/C41H60O3/c1-9-43-31-17-14-30(15-18-31)16-23-38(42)44-37-25-27-41(8)35-24-26-40(7)33(29(4)13-11-10-12-28(2)3)20-21-34(40)32(35)19-22-36(41)39(37,5)6/h12,14-18,22-23,29,32-35,37H,9-11,13,19-21,24-27H2,1-8H3/b23-16+. The quantitative estimate of drug-likeness (QED) is 0.116. The van der Waals surface area contributed by atoms with Crippen LogP contribution in [-0.2, 0) is 9.53 Å². The zero-order valence-corrected chi connectivity index (χ0v) is 29.1. The number of carbonyl (C=O) groups is 1. The lowest BCUT2D eigenvalue weighted by Gasteiger charge is -2.61. The van der Waals surface area contributed by atoms with Gasteiger partial charge in [0, 0.05) is 11.5 Å². The average Bonchev–Trinajstić information content (AvgIpc) is 3.34. The van der Waals surface area contributed by atoms with Gasteiger partial charge in [-0.05, 0) is 143 Å². The summed E-state index contributed by atoms with van der Waals surface area (Å²) in [5.74, 6) is 4.71. The Balaban J connectivity index is 1.25. The molecule has 1 aromatic carbocycles. The van der Waals surface area contributed by atoms with Crippen molar-refractivity contribution in [3.05, 3.63) is 59.2 Å². The fourth-order valence-electron chi connectivity index (χ4n) is 10.8. The third kappa shape index (κ3) is 6.36. The monoisotopic (exact) mass is 600 g/mol. The number of fused-ring (bicyclic) bond motifs is 5. The van der Waals surface area contributed by atoms with Crippen LogP contribution in [0.25, 0.3) is 6.08 Å². The smallest absolute Gasteiger partial charge is 0.331 e. The molecule has 1 aromatic rings. The van der Waals surface area contributed by atoms with Gasteiger partial charge in [0.15, 0.2) is 0 Å². The zero-order chi connectivity index (χ0) is 31.7. The average molecular weight is 601 g/mol. The first-order valence-electron chi connectivity index (χ1n) is 17.9. The number of unbranched alkanes of at least 4 members (excludes halogenated alkanes) is 1. The second kappa shape index (κ2) is 13.2. The number of carbonyl (C=O) groups excluding carboxylic acids is 1. The van der Waals surface area contributed by atoms with Gasteiger partial charge in [0.25, 0.3) is 0 Å². The van der Waals surface area contributed by atoms with Crippen molar-refractivity contribution in [2.75, 3.05) is 6.61 Å². The van der Waals surface area contributed by atoms with Gasteiger partial charge in [-0.15, -0.1) is 0 Å². The van der Waals surface area contributed by atoms with Crippen LogP contribution in [0.15, 0.2) is 53.6 Å². The Morgan fingerprint density at radius 2 is 1.75 bits per heavy atom. The van der Waals surface area contributed by atoms with Crippen molar-refractivity contribution < 1.29 is 14.3 Å². The van der Waals surface area contributed by atoms with Gasteiger partial charge in [-0.25, -0.2) is 4.79 Å². The van der Waals surface area contributed by atoms with Crippen molar-refractivity contribution in [2.24, 2.45) is 45.8 Å². The number of allylic oxidation sites excluding steroid dienone is 3. The van der Waals surface area contributed by atoms with Crippen LogP contribution in [-0.4, -0.2) is 18.7 Å². The van der Waals surface area contributed by atoms with Crippen LogP contribution in [0.5, 0.6) is 5.75 Å². The predicted molar refractivity (Wildman–Crippen MR) is 183 cm³/mol. The summed E-state index contributed by atoms with van der Waals surface area (Å²) in [5, 5.41) is 0. The van der Waals surface area contributed by atoms with Gasteiger partial charge in [-0.2, -0.15) is 0 Å². The summed E-state index contributed by atoms with van der Waals surface area (Å²) in [4.78, 5) is 13.0. The van der Waals surface area contributed by atoms with Crippen molar-refractivity contribution >= 4 is 12.0 Å². The van der Waals surface area contributed by atoms with E-state index in [1.54, 1.807) is 11.6 Å². The summed E-state index contributed by atoms with van der Waals surface area (Å²) in [6.45, 7) is 19.5. The molecule has 4 aliphatic carbocycles. The fraction of sp³-hybridized carbons (Fsp3) is 0.683. The van der Waals surface area contributed by atoms with Gasteiger partial charge in [0.1, 0.15) is 11.9 Å². The maximum absolute atomic E-state index is 13.0. The summed E-state index contributed by atoms with van der Waals surface area (Å²) >= 11 is 0. The molecule has 0 aliphatic heterocycles. The molecule has 8 atom stereocenters. The second-order valence-corrected chi connectivity index (χ2v) is 16.1. The first-order chi connectivity index (χ1) is 20.9. The molecular weight excluding hydrogens is 540 g/mol. The Labute approximate surface area is 269 Å². The maximum atomic E-state index is 13.0. The van der Waals surface area contributed by atoms with Crippen molar-refractivity contribution in [1.82, 2.24) is 0 Å². The molecular formula is C41H60O3. The van der Waals surface area contributed by atoms with E-state index in [1.165, 1.54) is 56.9 Å². The number of rotatable bonds is 10. The number of benzene rings is 1. The van der Waals surface area contributed by atoms with E-state index in [1.807, 2.05) is 37.3 Å².